The fourth-order valence-electron chi connectivity index (χ4n) is 5.19. The van der Waals surface area contributed by atoms with Crippen molar-refractivity contribution < 1.29 is 28.4 Å². The molecule has 9 nitrogen and oxygen atoms in total. The number of para-hydroxylation sites is 1. The summed E-state index contributed by atoms with van der Waals surface area (Å²) in [5.74, 6) is 0.0130. The van der Waals surface area contributed by atoms with Crippen LogP contribution >= 0.6 is 0 Å². The van der Waals surface area contributed by atoms with E-state index >= 15 is 0 Å². The van der Waals surface area contributed by atoms with Gasteiger partial charge in [-0.2, -0.15) is 0 Å². The summed E-state index contributed by atoms with van der Waals surface area (Å²) in [4.78, 5) is 37.3. The van der Waals surface area contributed by atoms with Gasteiger partial charge in [-0.05, 0) is 61.3 Å². The number of β-lactam (4-membered cyclic amide) rings is 1. The van der Waals surface area contributed by atoms with E-state index in [4.69, 9.17) is 13.9 Å². The van der Waals surface area contributed by atoms with Gasteiger partial charge in [-0.15, -0.1) is 0 Å². The number of nitrogens with zero attached hydrogens (tertiary/aromatic N) is 2. The number of carbonyl (C=O) groups excluding carboxylic acids is 2. The summed E-state index contributed by atoms with van der Waals surface area (Å²) in [7, 11) is -4.27. The van der Waals surface area contributed by atoms with Crippen molar-refractivity contribution in [2.75, 3.05) is 0 Å². The van der Waals surface area contributed by atoms with E-state index in [0.29, 0.717) is 5.92 Å². The van der Waals surface area contributed by atoms with Crippen LogP contribution in [0.4, 0.5) is 10.5 Å². The molecule has 3 rings (SSSR count). The minimum Gasteiger partial charge on any atom is -0.430 e. The van der Waals surface area contributed by atoms with Crippen LogP contribution in [0.1, 0.15) is 73.3 Å². The molecule has 4 atom stereocenters. The summed E-state index contributed by atoms with van der Waals surface area (Å²) in [6.07, 6.45) is 1.40. The van der Waals surface area contributed by atoms with Crippen LogP contribution in [0.5, 0.6) is 0 Å². The van der Waals surface area contributed by atoms with Crippen molar-refractivity contribution in [1.29, 1.82) is 0 Å². The average molecular weight is 607 g/mol. The summed E-state index contributed by atoms with van der Waals surface area (Å²) in [6.45, 7) is 23.8. The van der Waals surface area contributed by atoms with E-state index in [0.717, 1.165) is 19.3 Å². The quantitative estimate of drug-likeness (QED) is 0.0836. The van der Waals surface area contributed by atoms with Gasteiger partial charge in [-0.1, -0.05) is 66.8 Å². The van der Waals surface area contributed by atoms with Gasteiger partial charge in [0.1, 0.15) is 12.7 Å². The first-order valence-electron chi connectivity index (χ1n) is 14.8. The number of rotatable bonds is 11. The Kier molecular flexibility index (Phi) is 9.57. The first-order chi connectivity index (χ1) is 18.7. The second kappa shape index (κ2) is 11.8. The molecule has 1 amide bonds. The highest BCUT2D eigenvalue weighted by atomic mass is 28.4. The zero-order chi connectivity index (χ0) is 31.1. The summed E-state index contributed by atoms with van der Waals surface area (Å²) in [6, 6.07) is 6.01. The number of hydrogen-bond donors (Lipinski definition) is 0. The molecule has 0 aromatic heterocycles. The van der Waals surface area contributed by atoms with Gasteiger partial charge in [0.25, 0.3) is 5.69 Å². The standard InChI is InChI=1S/C30H50N2O7Si2/c1-20(38-28(34)37-19-22-14-12-13-15-23(22)32(35)36)26-24(31(27(26)33)40(8,9)29(2,3)4)18-25(21-16-17-21)39-41(10,11)30(5,6)7/h12-15,20-21,24-26H,16-19H2,1-11H3/t20?,24-,25?,26-/m1/s1. The number of carbonyl (C=O) groups is 2. The Morgan fingerprint density at radius 3 is 2.17 bits per heavy atom. The number of benzene rings is 1. The lowest BCUT2D eigenvalue weighted by Crippen LogP contribution is -2.75. The Bertz CT molecular complexity index is 1140. The Morgan fingerprint density at radius 1 is 1.07 bits per heavy atom. The minimum atomic E-state index is -2.22. The summed E-state index contributed by atoms with van der Waals surface area (Å²) in [5.41, 5.74) is 0.152. The Hall–Kier alpha value is -2.25. The first-order valence-corrected chi connectivity index (χ1v) is 20.6. The number of hydrogen-bond acceptors (Lipinski definition) is 7. The Morgan fingerprint density at radius 2 is 1.66 bits per heavy atom. The second-order valence-corrected chi connectivity index (χ2v) is 24.7. The second-order valence-electron chi connectivity index (χ2n) is 14.8. The van der Waals surface area contributed by atoms with E-state index in [1.807, 2.05) is 0 Å². The number of nitro groups is 1. The molecule has 1 aromatic rings. The van der Waals surface area contributed by atoms with E-state index < -0.39 is 39.7 Å². The Balaban J connectivity index is 1.80. The van der Waals surface area contributed by atoms with Gasteiger partial charge < -0.3 is 18.5 Å². The topological polar surface area (TPSA) is 108 Å². The van der Waals surface area contributed by atoms with Gasteiger partial charge in [-0.3, -0.25) is 14.9 Å². The molecule has 230 valence electrons. The Labute approximate surface area is 247 Å². The van der Waals surface area contributed by atoms with Crippen LogP contribution in [0.15, 0.2) is 24.3 Å². The zero-order valence-corrected chi connectivity index (χ0v) is 28.8. The molecule has 41 heavy (non-hydrogen) atoms. The molecule has 2 aliphatic rings. The highest BCUT2D eigenvalue weighted by Gasteiger charge is 2.60. The van der Waals surface area contributed by atoms with Crippen LogP contribution in [-0.4, -0.2) is 56.4 Å². The molecular weight excluding hydrogens is 557 g/mol. The molecule has 0 N–H and O–H groups in total. The minimum absolute atomic E-state index is 0.0162. The molecule has 0 bridgehead atoms. The number of nitro benzene ring substituents is 1. The number of ether oxygens (including phenoxy) is 2. The molecule has 1 aliphatic carbocycles. The molecule has 2 fully saturated rings. The van der Waals surface area contributed by atoms with Crippen molar-refractivity contribution in [3.63, 3.8) is 0 Å². The van der Waals surface area contributed by atoms with Gasteiger partial charge in [-0.25, -0.2) is 4.79 Å². The summed E-state index contributed by atoms with van der Waals surface area (Å²) < 4.78 is 20.0. The fraction of sp³-hybridized carbons (Fsp3) is 0.733. The van der Waals surface area contributed by atoms with Gasteiger partial charge in [0.2, 0.25) is 5.91 Å². The van der Waals surface area contributed by atoms with Crippen molar-refractivity contribution in [3.05, 3.63) is 39.9 Å². The molecule has 11 heteroatoms. The van der Waals surface area contributed by atoms with Crippen LogP contribution in [0.25, 0.3) is 0 Å². The van der Waals surface area contributed by atoms with Crippen LogP contribution in [-0.2, 0) is 25.3 Å². The van der Waals surface area contributed by atoms with Crippen LogP contribution in [0.2, 0.25) is 36.3 Å². The maximum atomic E-state index is 13.8. The van der Waals surface area contributed by atoms with Crippen molar-refractivity contribution in [3.8, 4) is 0 Å². The lowest BCUT2D eigenvalue weighted by Gasteiger charge is -2.60. The summed E-state index contributed by atoms with van der Waals surface area (Å²) in [5, 5.41) is 11.3. The molecular formula is C30H50N2O7Si2. The SMILES string of the molecule is CC(OC(=O)OCc1ccccc1[N+](=O)[O-])[C@H]1C(=O)N([Si](C)(C)C(C)(C)C)[C@@H]1CC(O[Si](C)(C)C(C)(C)C)C1CC1. The highest BCUT2D eigenvalue weighted by molar-refractivity contribution is 6.80. The van der Waals surface area contributed by atoms with Crippen molar-refractivity contribution in [2.24, 2.45) is 11.8 Å². The van der Waals surface area contributed by atoms with E-state index in [1.54, 1.807) is 19.1 Å². The molecule has 0 radical (unpaired) electrons. The predicted molar refractivity (Wildman–Crippen MR) is 165 cm³/mol. The molecule has 1 heterocycles. The van der Waals surface area contributed by atoms with Crippen LogP contribution < -0.4 is 0 Å². The van der Waals surface area contributed by atoms with Gasteiger partial charge in [0.05, 0.1) is 16.4 Å². The van der Waals surface area contributed by atoms with Crippen molar-refractivity contribution >= 4 is 34.3 Å². The average Bonchev–Trinajstić information content (AvgIpc) is 3.65. The maximum absolute atomic E-state index is 13.8. The zero-order valence-electron chi connectivity index (χ0n) is 26.8. The largest absolute Gasteiger partial charge is 0.508 e. The molecule has 1 aliphatic heterocycles. The maximum Gasteiger partial charge on any atom is 0.508 e. The normalized spacial score (nSPS) is 21.6. The lowest BCUT2D eigenvalue weighted by molar-refractivity contribution is -0.385. The molecule has 1 saturated carbocycles. The summed E-state index contributed by atoms with van der Waals surface area (Å²) >= 11 is 0. The van der Waals surface area contributed by atoms with Gasteiger partial charge in [0, 0.05) is 18.2 Å². The number of amides is 1. The van der Waals surface area contributed by atoms with E-state index in [-0.39, 0.29) is 46.0 Å². The van der Waals surface area contributed by atoms with Crippen molar-refractivity contribution in [2.45, 2.75) is 129 Å². The fourth-order valence-corrected chi connectivity index (χ4v) is 9.11. The molecule has 2 unspecified atom stereocenters. The smallest absolute Gasteiger partial charge is 0.430 e. The monoisotopic (exact) mass is 606 g/mol. The van der Waals surface area contributed by atoms with Crippen LogP contribution in [0.3, 0.4) is 0 Å². The third-order valence-corrected chi connectivity index (χ3v) is 19.8. The van der Waals surface area contributed by atoms with Gasteiger partial charge >= 0.3 is 6.16 Å². The van der Waals surface area contributed by atoms with E-state index in [1.165, 1.54) is 12.1 Å². The first kappa shape index (κ1) is 33.3. The van der Waals surface area contributed by atoms with E-state index in [2.05, 4.69) is 72.3 Å². The molecule has 1 aromatic carbocycles. The molecule has 1 saturated heterocycles. The third-order valence-electron chi connectivity index (χ3n) is 9.90. The van der Waals surface area contributed by atoms with Crippen molar-refractivity contribution in [1.82, 2.24) is 4.57 Å². The lowest BCUT2D eigenvalue weighted by atomic mass is 9.82. The van der Waals surface area contributed by atoms with Gasteiger partial charge in [0.15, 0.2) is 16.6 Å². The van der Waals surface area contributed by atoms with Crippen LogP contribution in [0, 0.1) is 22.0 Å². The molecule has 0 spiro atoms. The highest BCUT2D eigenvalue weighted by Crippen LogP contribution is 2.50. The van der Waals surface area contributed by atoms with E-state index in [9.17, 15) is 19.7 Å². The third kappa shape index (κ3) is 7.22. The predicted octanol–water partition coefficient (Wildman–Crippen LogP) is 7.66.